The predicted molar refractivity (Wildman–Crippen MR) is 105 cm³/mol. The van der Waals surface area contributed by atoms with Gasteiger partial charge in [-0.3, -0.25) is 4.79 Å². The maximum absolute atomic E-state index is 12.4. The number of halogens is 1. The van der Waals surface area contributed by atoms with Crippen LogP contribution in [-0.4, -0.2) is 19.0 Å². The molecule has 0 spiro atoms. The standard InChI is InChI=1S/C18H14BrNO3S2/c1-23-18(22)16-13(14-3-2-8-24-14)10-25-17(16)20-15(21)9-11-4-6-12(19)7-5-11/h2-8,10H,9H2,1H3,(H,20,21). The lowest BCUT2D eigenvalue weighted by Crippen LogP contribution is -2.16. The van der Waals surface area contributed by atoms with Crippen molar-refractivity contribution in [2.45, 2.75) is 6.42 Å². The molecule has 7 heteroatoms. The van der Waals surface area contributed by atoms with Gasteiger partial charge in [-0.1, -0.05) is 34.1 Å². The van der Waals surface area contributed by atoms with Crippen LogP contribution in [0.1, 0.15) is 15.9 Å². The molecule has 0 atom stereocenters. The van der Waals surface area contributed by atoms with E-state index in [-0.39, 0.29) is 12.3 Å². The lowest BCUT2D eigenvalue weighted by molar-refractivity contribution is -0.115. The number of thiophene rings is 2. The summed E-state index contributed by atoms with van der Waals surface area (Å²) in [7, 11) is 1.34. The van der Waals surface area contributed by atoms with Crippen LogP contribution in [0.3, 0.4) is 0 Å². The van der Waals surface area contributed by atoms with Crippen molar-refractivity contribution in [2.75, 3.05) is 12.4 Å². The van der Waals surface area contributed by atoms with Crippen LogP contribution in [0.15, 0.2) is 51.6 Å². The average Bonchev–Trinajstić information content (AvgIpc) is 3.25. The molecular formula is C18H14BrNO3S2. The third-order valence-electron chi connectivity index (χ3n) is 3.50. The highest BCUT2D eigenvalue weighted by Crippen LogP contribution is 2.38. The first kappa shape index (κ1) is 17.8. The van der Waals surface area contributed by atoms with Gasteiger partial charge >= 0.3 is 5.97 Å². The number of nitrogens with one attached hydrogen (secondary N) is 1. The van der Waals surface area contributed by atoms with Crippen LogP contribution in [-0.2, 0) is 16.0 Å². The number of rotatable bonds is 5. The summed E-state index contributed by atoms with van der Waals surface area (Å²) in [6.07, 6.45) is 0.236. The molecule has 3 rings (SSSR count). The van der Waals surface area contributed by atoms with Gasteiger partial charge in [-0.2, -0.15) is 0 Å². The number of hydrogen-bond acceptors (Lipinski definition) is 5. The average molecular weight is 436 g/mol. The van der Waals surface area contributed by atoms with Crippen molar-refractivity contribution >= 4 is 55.5 Å². The van der Waals surface area contributed by atoms with Gasteiger partial charge in [0, 0.05) is 20.3 Å². The Kier molecular flexibility index (Phi) is 5.67. The second kappa shape index (κ2) is 7.95. The Labute approximate surface area is 161 Å². The smallest absolute Gasteiger partial charge is 0.341 e. The lowest BCUT2D eigenvalue weighted by atomic mass is 10.1. The second-order valence-corrected chi connectivity index (χ2v) is 7.92. The summed E-state index contributed by atoms with van der Waals surface area (Å²) in [6, 6.07) is 11.4. The number of anilines is 1. The summed E-state index contributed by atoms with van der Waals surface area (Å²) in [5, 5.41) is 7.17. The molecule has 2 heterocycles. The highest BCUT2D eigenvalue weighted by molar-refractivity contribution is 9.10. The fraction of sp³-hybridized carbons (Fsp3) is 0.111. The minimum Gasteiger partial charge on any atom is -0.465 e. The van der Waals surface area contributed by atoms with Crippen molar-refractivity contribution < 1.29 is 14.3 Å². The van der Waals surface area contributed by atoms with Gasteiger partial charge in [0.15, 0.2) is 0 Å². The molecule has 1 N–H and O–H groups in total. The van der Waals surface area contributed by atoms with Crippen LogP contribution < -0.4 is 5.32 Å². The molecule has 0 unspecified atom stereocenters. The van der Waals surface area contributed by atoms with Gasteiger partial charge in [-0.05, 0) is 29.1 Å². The van der Waals surface area contributed by atoms with E-state index < -0.39 is 5.97 Å². The van der Waals surface area contributed by atoms with Gasteiger partial charge in [-0.15, -0.1) is 22.7 Å². The summed E-state index contributed by atoms with van der Waals surface area (Å²) < 4.78 is 5.86. The van der Waals surface area contributed by atoms with E-state index in [1.807, 2.05) is 47.2 Å². The molecule has 128 valence electrons. The van der Waals surface area contributed by atoms with E-state index in [4.69, 9.17) is 4.74 Å². The molecule has 0 aliphatic carbocycles. The van der Waals surface area contributed by atoms with Gasteiger partial charge in [0.2, 0.25) is 5.91 Å². The maximum Gasteiger partial charge on any atom is 0.341 e. The number of carbonyl (C=O) groups excluding carboxylic acids is 2. The SMILES string of the molecule is COC(=O)c1c(-c2cccs2)csc1NC(=O)Cc1ccc(Br)cc1. The van der Waals surface area contributed by atoms with Crippen molar-refractivity contribution in [3.63, 3.8) is 0 Å². The van der Waals surface area contributed by atoms with Gasteiger partial charge in [0.25, 0.3) is 0 Å². The highest BCUT2D eigenvalue weighted by Gasteiger charge is 2.22. The normalized spacial score (nSPS) is 10.5. The predicted octanol–water partition coefficient (Wildman–Crippen LogP) is 5.21. The zero-order valence-corrected chi connectivity index (χ0v) is 16.5. The topological polar surface area (TPSA) is 55.4 Å². The second-order valence-electron chi connectivity index (χ2n) is 5.17. The molecule has 0 bridgehead atoms. The zero-order chi connectivity index (χ0) is 17.8. The Morgan fingerprint density at radius 1 is 1.16 bits per heavy atom. The first-order valence-corrected chi connectivity index (χ1v) is 9.91. The summed E-state index contributed by atoms with van der Waals surface area (Å²) in [4.78, 5) is 25.5. The molecule has 0 saturated carbocycles. The van der Waals surface area contributed by atoms with E-state index >= 15 is 0 Å². The molecule has 0 radical (unpaired) electrons. The van der Waals surface area contributed by atoms with Crippen molar-refractivity contribution in [2.24, 2.45) is 0 Å². The van der Waals surface area contributed by atoms with Crippen LogP contribution in [0.25, 0.3) is 10.4 Å². The molecule has 0 aliphatic rings. The minimum atomic E-state index is -0.455. The Hall–Kier alpha value is -1.96. The fourth-order valence-electron chi connectivity index (χ4n) is 2.33. The number of methoxy groups -OCH3 is 1. The molecule has 3 aromatic rings. The summed E-state index contributed by atoms with van der Waals surface area (Å²) in [5.74, 6) is -0.629. The number of benzene rings is 1. The van der Waals surface area contributed by atoms with Crippen molar-refractivity contribution in [1.29, 1.82) is 0 Å². The van der Waals surface area contributed by atoms with Gasteiger partial charge in [0.1, 0.15) is 10.6 Å². The van der Waals surface area contributed by atoms with Crippen LogP contribution in [0.2, 0.25) is 0 Å². The summed E-state index contributed by atoms with van der Waals surface area (Å²) in [6.45, 7) is 0. The lowest BCUT2D eigenvalue weighted by Gasteiger charge is -2.07. The molecule has 2 aromatic heterocycles. The zero-order valence-electron chi connectivity index (χ0n) is 13.2. The van der Waals surface area contributed by atoms with Crippen LogP contribution in [0, 0.1) is 0 Å². The molecule has 4 nitrogen and oxygen atoms in total. The Balaban J connectivity index is 1.83. The van der Waals surface area contributed by atoms with E-state index in [1.54, 1.807) is 0 Å². The number of esters is 1. The van der Waals surface area contributed by atoms with E-state index in [0.29, 0.717) is 10.6 Å². The molecule has 0 saturated heterocycles. The fourth-order valence-corrected chi connectivity index (χ4v) is 4.38. The number of hydrogen-bond donors (Lipinski definition) is 1. The van der Waals surface area contributed by atoms with E-state index in [9.17, 15) is 9.59 Å². The van der Waals surface area contributed by atoms with Crippen molar-refractivity contribution in [3.8, 4) is 10.4 Å². The number of carbonyl (C=O) groups is 2. The molecule has 0 fully saturated rings. The van der Waals surface area contributed by atoms with Crippen LogP contribution >= 0.6 is 38.6 Å². The third-order valence-corrected chi connectivity index (χ3v) is 5.83. The maximum atomic E-state index is 12.4. The van der Waals surface area contributed by atoms with Gasteiger partial charge in [-0.25, -0.2) is 4.79 Å². The van der Waals surface area contributed by atoms with Gasteiger partial charge in [0.05, 0.1) is 13.5 Å². The first-order chi connectivity index (χ1) is 12.1. The number of ether oxygens (including phenoxy) is 1. The summed E-state index contributed by atoms with van der Waals surface area (Å²) in [5.41, 5.74) is 2.08. The van der Waals surface area contributed by atoms with Gasteiger partial charge < -0.3 is 10.1 Å². The molecule has 1 aromatic carbocycles. The number of amides is 1. The summed E-state index contributed by atoms with van der Waals surface area (Å²) >= 11 is 6.23. The Morgan fingerprint density at radius 3 is 2.56 bits per heavy atom. The molecule has 25 heavy (non-hydrogen) atoms. The van der Waals surface area contributed by atoms with E-state index in [1.165, 1.54) is 29.8 Å². The van der Waals surface area contributed by atoms with Crippen LogP contribution in [0.5, 0.6) is 0 Å². The van der Waals surface area contributed by atoms with Crippen molar-refractivity contribution in [3.05, 3.63) is 62.8 Å². The Morgan fingerprint density at radius 2 is 1.92 bits per heavy atom. The van der Waals surface area contributed by atoms with E-state index in [0.717, 1.165) is 20.5 Å². The van der Waals surface area contributed by atoms with Crippen molar-refractivity contribution in [1.82, 2.24) is 0 Å². The highest BCUT2D eigenvalue weighted by atomic mass is 79.9. The molecular weight excluding hydrogens is 422 g/mol. The third kappa shape index (κ3) is 4.18. The van der Waals surface area contributed by atoms with Crippen LogP contribution in [0.4, 0.5) is 5.00 Å². The molecule has 0 aliphatic heterocycles. The quantitative estimate of drug-likeness (QED) is 0.559. The largest absolute Gasteiger partial charge is 0.465 e. The first-order valence-electron chi connectivity index (χ1n) is 7.36. The Bertz CT molecular complexity index is 886. The van der Waals surface area contributed by atoms with E-state index in [2.05, 4.69) is 21.2 Å². The monoisotopic (exact) mass is 435 g/mol. The molecule has 1 amide bonds. The minimum absolute atomic E-state index is 0.174.